The summed E-state index contributed by atoms with van der Waals surface area (Å²) in [6.07, 6.45) is 0. The van der Waals surface area contributed by atoms with Crippen molar-refractivity contribution >= 4 is 5.69 Å². The molecule has 0 saturated heterocycles. The summed E-state index contributed by atoms with van der Waals surface area (Å²) >= 11 is 0. The molecule has 62 valence electrons. The SMILES string of the molecule is COCc1cc(N)cc(C#N)c1. The second kappa shape index (κ2) is 3.74. The molecular formula is C9H10N2O. The zero-order valence-corrected chi connectivity index (χ0v) is 6.87. The minimum Gasteiger partial charge on any atom is -0.399 e. The molecule has 0 atom stereocenters. The van der Waals surface area contributed by atoms with Crippen molar-refractivity contribution < 1.29 is 4.74 Å². The van der Waals surface area contributed by atoms with Gasteiger partial charge in [-0.3, -0.25) is 0 Å². The molecule has 0 saturated carbocycles. The van der Waals surface area contributed by atoms with E-state index in [-0.39, 0.29) is 0 Å². The number of benzene rings is 1. The second-order valence-electron chi connectivity index (χ2n) is 2.51. The van der Waals surface area contributed by atoms with E-state index >= 15 is 0 Å². The van der Waals surface area contributed by atoms with Gasteiger partial charge < -0.3 is 10.5 Å². The van der Waals surface area contributed by atoms with Gasteiger partial charge in [0.15, 0.2) is 0 Å². The molecule has 0 bridgehead atoms. The number of anilines is 1. The van der Waals surface area contributed by atoms with E-state index in [1.54, 1.807) is 25.3 Å². The van der Waals surface area contributed by atoms with E-state index in [9.17, 15) is 0 Å². The number of hydrogen-bond acceptors (Lipinski definition) is 3. The smallest absolute Gasteiger partial charge is 0.0992 e. The highest BCUT2D eigenvalue weighted by Gasteiger charge is 1.97. The lowest BCUT2D eigenvalue weighted by Crippen LogP contribution is -1.92. The Morgan fingerprint density at radius 1 is 1.50 bits per heavy atom. The Bertz CT molecular complexity index is 315. The van der Waals surface area contributed by atoms with Crippen LogP contribution in [0.25, 0.3) is 0 Å². The third-order valence-electron chi connectivity index (χ3n) is 1.46. The summed E-state index contributed by atoms with van der Waals surface area (Å²) in [6, 6.07) is 7.23. The van der Waals surface area contributed by atoms with Gasteiger partial charge in [-0.15, -0.1) is 0 Å². The summed E-state index contributed by atoms with van der Waals surface area (Å²) in [5.74, 6) is 0. The van der Waals surface area contributed by atoms with Gasteiger partial charge in [-0.25, -0.2) is 0 Å². The number of rotatable bonds is 2. The van der Waals surface area contributed by atoms with Crippen LogP contribution in [0.1, 0.15) is 11.1 Å². The molecule has 0 aliphatic rings. The molecule has 0 aliphatic carbocycles. The summed E-state index contributed by atoms with van der Waals surface area (Å²) in [5, 5.41) is 8.61. The fraction of sp³-hybridized carbons (Fsp3) is 0.222. The normalized spacial score (nSPS) is 9.33. The minimum atomic E-state index is 0.486. The number of nitrogens with two attached hydrogens (primary N) is 1. The van der Waals surface area contributed by atoms with Gasteiger partial charge in [0.1, 0.15) is 0 Å². The van der Waals surface area contributed by atoms with Crippen LogP contribution in [0.15, 0.2) is 18.2 Å². The van der Waals surface area contributed by atoms with Crippen LogP contribution in [-0.4, -0.2) is 7.11 Å². The molecule has 0 aliphatic heterocycles. The van der Waals surface area contributed by atoms with Gasteiger partial charge in [0.2, 0.25) is 0 Å². The van der Waals surface area contributed by atoms with Gasteiger partial charge in [-0.05, 0) is 23.8 Å². The maximum atomic E-state index is 8.61. The van der Waals surface area contributed by atoms with E-state index in [1.807, 2.05) is 6.07 Å². The molecule has 3 nitrogen and oxygen atoms in total. The van der Waals surface area contributed by atoms with E-state index in [0.29, 0.717) is 17.9 Å². The lowest BCUT2D eigenvalue weighted by Gasteiger charge is -2.01. The first-order valence-electron chi connectivity index (χ1n) is 3.54. The summed E-state index contributed by atoms with van der Waals surface area (Å²) in [4.78, 5) is 0. The van der Waals surface area contributed by atoms with Gasteiger partial charge in [0, 0.05) is 12.8 Å². The zero-order valence-electron chi connectivity index (χ0n) is 6.87. The molecule has 0 spiro atoms. The standard InChI is InChI=1S/C9H10N2O/c1-12-6-8-2-7(5-10)3-9(11)4-8/h2-4H,6,11H2,1H3. The van der Waals surface area contributed by atoms with Gasteiger partial charge in [-0.2, -0.15) is 5.26 Å². The van der Waals surface area contributed by atoms with Gasteiger partial charge >= 0.3 is 0 Å². The fourth-order valence-electron chi connectivity index (χ4n) is 1.03. The van der Waals surface area contributed by atoms with E-state index in [0.717, 1.165) is 5.56 Å². The fourth-order valence-corrected chi connectivity index (χ4v) is 1.03. The van der Waals surface area contributed by atoms with E-state index in [2.05, 4.69) is 0 Å². The number of ether oxygens (including phenoxy) is 1. The number of nitriles is 1. The quantitative estimate of drug-likeness (QED) is 0.666. The van der Waals surface area contributed by atoms with Crippen LogP contribution in [-0.2, 0) is 11.3 Å². The second-order valence-corrected chi connectivity index (χ2v) is 2.51. The molecule has 1 rings (SSSR count). The van der Waals surface area contributed by atoms with Crippen molar-refractivity contribution in [3.05, 3.63) is 29.3 Å². The van der Waals surface area contributed by atoms with Crippen LogP contribution in [0, 0.1) is 11.3 Å². The third kappa shape index (κ3) is 1.97. The molecule has 1 aromatic carbocycles. The molecule has 0 amide bonds. The highest BCUT2D eigenvalue weighted by atomic mass is 16.5. The maximum absolute atomic E-state index is 8.61. The molecule has 0 aromatic heterocycles. The van der Waals surface area contributed by atoms with Crippen molar-refractivity contribution in [1.29, 1.82) is 5.26 Å². The zero-order chi connectivity index (χ0) is 8.97. The van der Waals surface area contributed by atoms with Crippen molar-refractivity contribution in [3.63, 3.8) is 0 Å². The number of methoxy groups -OCH3 is 1. The molecule has 2 N–H and O–H groups in total. The first-order chi connectivity index (χ1) is 5.76. The molecule has 0 radical (unpaired) electrons. The molecular weight excluding hydrogens is 152 g/mol. The lowest BCUT2D eigenvalue weighted by molar-refractivity contribution is 0.185. The summed E-state index contributed by atoms with van der Waals surface area (Å²) in [7, 11) is 1.61. The van der Waals surface area contributed by atoms with Gasteiger partial charge in [0.05, 0.1) is 18.2 Å². The highest BCUT2D eigenvalue weighted by molar-refractivity contribution is 5.48. The lowest BCUT2D eigenvalue weighted by atomic mass is 10.1. The van der Waals surface area contributed by atoms with Crippen LogP contribution < -0.4 is 5.73 Å². The molecule has 1 aromatic rings. The van der Waals surface area contributed by atoms with Gasteiger partial charge in [-0.1, -0.05) is 0 Å². The Morgan fingerprint density at radius 2 is 2.25 bits per heavy atom. The predicted molar refractivity (Wildman–Crippen MR) is 46.3 cm³/mol. The number of hydrogen-bond donors (Lipinski definition) is 1. The Morgan fingerprint density at radius 3 is 2.83 bits per heavy atom. The Balaban J connectivity index is 3.00. The van der Waals surface area contributed by atoms with E-state index in [1.165, 1.54) is 0 Å². The summed E-state index contributed by atoms with van der Waals surface area (Å²) in [6.45, 7) is 0.486. The van der Waals surface area contributed by atoms with Crippen LogP contribution in [0.5, 0.6) is 0 Å². The van der Waals surface area contributed by atoms with Crippen LogP contribution >= 0.6 is 0 Å². The molecule has 0 heterocycles. The Hall–Kier alpha value is -1.53. The minimum absolute atomic E-state index is 0.486. The number of nitrogens with zero attached hydrogens (tertiary/aromatic N) is 1. The molecule has 0 unspecified atom stereocenters. The topological polar surface area (TPSA) is 59.0 Å². The third-order valence-corrected chi connectivity index (χ3v) is 1.46. The Labute approximate surface area is 71.4 Å². The van der Waals surface area contributed by atoms with Crippen molar-refractivity contribution in [3.8, 4) is 6.07 Å². The van der Waals surface area contributed by atoms with E-state index in [4.69, 9.17) is 15.7 Å². The first kappa shape index (κ1) is 8.57. The Kier molecular flexibility index (Phi) is 2.67. The highest BCUT2D eigenvalue weighted by Crippen LogP contribution is 2.11. The predicted octanol–water partition coefficient (Wildman–Crippen LogP) is 1.29. The van der Waals surface area contributed by atoms with Crippen molar-refractivity contribution in [2.24, 2.45) is 0 Å². The van der Waals surface area contributed by atoms with E-state index < -0.39 is 0 Å². The molecule has 0 fully saturated rings. The largest absolute Gasteiger partial charge is 0.399 e. The molecule has 12 heavy (non-hydrogen) atoms. The van der Waals surface area contributed by atoms with Crippen LogP contribution in [0.2, 0.25) is 0 Å². The average molecular weight is 162 g/mol. The maximum Gasteiger partial charge on any atom is 0.0992 e. The monoisotopic (exact) mass is 162 g/mol. The van der Waals surface area contributed by atoms with Crippen molar-refractivity contribution in [2.45, 2.75) is 6.61 Å². The first-order valence-corrected chi connectivity index (χ1v) is 3.54. The van der Waals surface area contributed by atoms with Crippen LogP contribution in [0.4, 0.5) is 5.69 Å². The van der Waals surface area contributed by atoms with Crippen molar-refractivity contribution in [1.82, 2.24) is 0 Å². The van der Waals surface area contributed by atoms with Crippen molar-refractivity contribution in [2.75, 3.05) is 12.8 Å². The molecule has 3 heteroatoms. The summed E-state index contributed by atoms with van der Waals surface area (Å²) < 4.78 is 4.92. The average Bonchev–Trinajstić information content (AvgIpc) is 2.04. The van der Waals surface area contributed by atoms with Gasteiger partial charge in [0.25, 0.3) is 0 Å². The summed E-state index contributed by atoms with van der Waals surface area (Å²) in [5.41, 5.74) is 7.65. The van der Waals surface area contributed by atoms with Crippen LogP contribution in [0.3, 0.4) is 0 Å². The number of nitrogen functional groups attached to an aromatic ring is 1.